The predicted molar refractivity (Wildman–Crippen MR) is 65.1 cm³/mol. The van der Waals surface area contributed by atoms with E-state index in [1.165, 1.54) is 32.1 Å². The van der Waals surface area contributed by atoms with Crippen molar-refractivity contribution in [1.29, 1.82) is 0 Å². The molecule has 1 aliphatic heterocycles. The van der Waals surface area contributed by atoms with Crippen LogP contribution < -0.4 is 10.6 Å². The third kappa shape index (κ3) is 2.64. The lowest BCUT2D eigenvalue weighted by Gasteiger charge is -2.39. The van der Waals surface area contributed by atoms with Crippen LogP contribution in [0.5, 0.6) is 0 Å². The van der Waals surface area contributed by atoms with Crippen LogP contribution in [-0.2, 0) is 4.79 Å². The van der Waals surface area contributed by atoms with E-state index in [2.05, 4.69) is 17.2 Å². The Hall–Kier alpha value is -0.830. The molecule has 1 saturated heterocycles. The van der Waals surface area contributed by atoms with Gasteiger partial charge in [-0.3, -0.25) is 4.79 Å². The SMILES string of the molecule is C=CCNC(=O)C1CCC2CCCCC2N1. The molecule has 0 aromatic rings. The Bertz CT molecular complexity index is 265. The number of fused-ring (bicyclic) bond motifs is 1. The second-order valence-electron chi connectivity index (χ2n) is 4.98. The number of carbonyl (C=O) groups excluding carboxylic acids is 1. The smallest absolute Gasteiger partial charge is 0.237 e. The second-order valence-corrected chi connectivity index (χ2v) is 4.98. The van der Waals surface area contributed by atoms with Gasteiger partial charge in [-0.25, -0.2) is 0 Å². The molecule has 3 nitrogen and oxygen atoms in total. The van der Waals surface area contributed by atoms with E-state index in [4.69, 9.17) is 0 Å². The second kappa shape index (κ2) is 5.48. The zero-order valence-electron chi connectivity index (χ0n) is 9.87. The number of piperidine rings is 1. The lowest BCUT2D eigenvalue weighted by molar-refractivity contribution is -0.124. The molecule has 3 heteroatoms. The number of carbonyl (C=O) groups is 1. The molecule has 90 valence electrons. The Morgan fingerprint density at radius 1 is 1.31 bits per heavy atom. The standard InChI is InChI=1S/C13H22N2O/c1-2-9-14-13(16)12-8-7-10-5-3-4-6-11(10)15-12/h2,10-12,15H,1,3-9H2,(H,14,16). The molecule has 3 atom stereocenters. The molecule has 0 radical (unpaired) electrons. The number of hydrogen-bond donors (Lipinski definition) is 2. The van der Waals surface area contributed by atoms with Gasteiger partial charge in [0.1, 0.15) is 0 Å². The third-order valence-electron chi connectivity index (χ3n) is 3.89. The summed E-state index contributed by atoms with van der Waals surface area (Å²) in [6.07, 6.45) is 9.21. The van der Waals surface area contributed by atoms with Crippen molar-refractivity contribution in [3.8, 4) is 0 Å². The maximum Gasteiger partial charge on any atom is 0.237 e. The first-order valence-corrected chi connectivity index (χ1v) is 6.46. The van der Waals surface area contributed by atoms with Crippen LogP contribution in [0.3, 0.4) is 0 Å². The summed E-state index contributed by atoms with van der Waals surface area (Å²) in [4.78, 5) is 11.8. The zero-order valence-corrected chi connectivity index (χ0v) is 9.87. The Balaban J connectivity index is 1.84. The maximum atomic E-state index is 11.8. The molecule has 3 unspecified atom stereocenters. The molecule has 2 rings (SSSR count). The topological polar surface area (TPSA) is 41.1 Å². The van der Waals surface area contributed by atoms with E-state index in [0.29, 0.717) is 12.6 Å². The van der Waals surface area contributed by atoms with Crippen LogP contribution in [-0.4, -0.2) is 24.5 Å². The Morgan fingerprint density at radius 3 is 2.94 bits per heavy atom. The molecule has 2 fully saturated rings. The average molecular weight is 222 g/mol. The summed E-state index contributed by atoms with van der Waals surface area (Å²) in [6, 6.07) is 0.612. The van der Waals surface area contributed by atoms with Crippen LogP contribution >= 0.6 is 0 Å². The highest BCUT2D eigenvalue weighted by atomic mass is 16.2. The summed E-state index contributed by atoms with van der Waals surface area (Å²) in [7, 11) is 0. The largest absolute Gasteiger partial charge is 0.351 e. The molecule has 2 N–H and O–H groups in total. The molecule has 1 amide bonds. The molecular weight excluding hydrogens is 200 g/mol. The van der Waals surface area contributed by atoms with Crippen molar-refractivity contribution in [1.82, 2.24) is 10.6 Å². The van der Waals surface area contributed by atoms with E-state index in [9.17, 15) is 4.79 Å². The van der Waals surface area contributed by atoms with E-state index in [-0.39, 0.29) is 11.9 Å². The predicted octanol–water partition coefficient (Wildman–Crippen LogP) is 1.60. The van der Waals surface area contributed by atoms with Crippen LogP contribution in [0.4, 0.5) is 0 Å². The highest BCUT2D eigenvalue weighted by Crippen LogP contribution is 2.32. The Morgan fingerprint density at radius 2 is 2.12 bits per heavy atom. The van der Waals surface area contributed by atoms with Gasteiger partial charge in [0.15, 0.2) is 0 Å². The van der Waals surface area contributed by atoms with Crippen LogP contribution in [0, 0.1) is 5.92 Å². The van der Waals surface area contributed by atoms with Crippen molar-refractivity contribution >= 4 is 5.91 Å². The van der Waals surface area contributed by atoms with Crippen molar-refractivity contribution in [3.05, 3.63) is 12.7 Å². The van der Waals surface area contributed by atoms with E-state index in [0.717, 1.165) is 12.3 Å². The quantitative estimate of drug-likeness (QED) is 0.712. The first-order chi connectivity index (χ1) is 7.81. The van der Waals surface area contributed by atoms with E-state index in [1.54, 1.807) is 6.08 Å². The zero-order chi connectivity index (χ0) is 11.4. The number of hydrogen-bond acceptors (Lipinski definition) is 2. The van der Waals surface area contributed by atoms with Crippen LogP contribution in [0.15, 0.2) is 12.7 Å². The normalized spacial score (nSPS) is 33.9. The average Bonchev–Trinajstić information content (AvgIpc) is 2.35. The molecule has 16 heavy (non-hydrogen) atoms. The van der Waals surface area contributed by atoms with Gasteiger partial charge in [-0.2, -0.15) is 0 Å². The van der Waals surface area contributed by atoms with Crippen molar-refractivity contribution < 1.29 is 4.79 Å². The van der Waals surface area contributed by atoms with Gasteiger partial charge >= 0.3 is 0 Å². The van der Waals surface area contributed by atoms with Gasteiger partial charge in [0.25, 0.3) is 0 Å². The fraction of sp³-hybridized carbons (Fsp3) is 0.769. The fourth-order valence-corrected chi connectivity index (χ4v) is 3.00. The number of nitrogens with one attached hydrogen (secondary N) is 2. The van der Waals surface area contributed by atoms with Crippen molar-refractivity contribution in [3.63, 3.8) is 0 Å². The third-order valence-corrected chi connectivity index (χ3v) is 3.89. The van der Waals surface area contributed by atoms with Crippen LogP contribution in [0.25, 0.3) is 0 Å². The lowest BCUT2D eigenvalue weighted by Crippen LogP contribution is -2.54. The number of amides is 1. The Kier molecular flexibility index (Phi) is 3.99. The van der Waals surface area contributed by atoms with Gasteiger partial charge in [0.05, 0.1) is 6.04 Å². The van der Waals surface area contributed by atoms with Gasteiger partial charge < -0.3 is 10.6 Å². The molecule has 0 spiro atoms. The van der Waals surface area contributed by atoms with Gasteiger partial charge in [0.2, 0.25) is 5.91 Å². The van der Waals surface area contributed by atoms with Crippen molar-refractivity contribution in [2.45, 2.75) is 50.6 Å². The van der Waals surface area contributed by atoms with E-state index in [1.807, 2.05) is 0 Å². The summed E-state index contributed by atoms with van der Waals surface area (Å²) in [6.45, 7) is 4.18. The molecule has 1 aliphatic carbocycles. The Labute approximate surface area is 97.7 Å². The lowest BCUT2D eigenvalue weighted by atomic mass is 9.77. The summed E-state index contributed by atoms with van der Waals surface area (Å²) >= 11 is 0. The molecule has 0 bridgehead atoms. The maximum absolute atomic E-state index is 11.8. The first kappa shape index (κ1) is 11.6. The monoisotopic (exact) mass is 222 g/mol. The minimum Gasteiger partial charge on any atom is -0.351 e. The van der Waals surface area contributed by atoms with E-state index >= 15 is 0 Å². The van der Waals surface area contributed by atoms with Crippen molar-refractivity contribution in [2.75, 3.05) is 6.54 Å². The van der Waals surface area contributed by atoms with Gasteiger partial charge in [-0.15, -0.1) is 6.58 Å². The first-order valence-electron chi connectivity index (χ1n) is 6.46. The molecular formula is C13H22N2O. The molecule has 1 saturated carbocycles. The minimum absolute atomic E-state index is 0.0271. The highest BCUT2D eigenvalue weighted by Gasteiger charge is 2.34. The van der Waals surface area contributed by atoms with Crippen LogP contribution in [0.1, 0.15) is 38.5 Å². The van der Waals surface area contributed by atoms with Crippen molar-refractivity contribution in [2.24, 2.45) is 5.92 Å². The molecule has 2 aliphatic rings. The van der Waals surface area contributed by atoms with Crippen LogP contribution in [0.2, 0.25) is 0 Å². The molecule has 1 heterocycles. The number of rotatable bonds is 3. The van der Waals surface area contributed by atoms with E-state index < -0.39 is 0 Å². The summed E-state index contributed by atoms with van der Waals surface area (Å²) < 4.78 is 0. The summed E-state index contributed by atoms with van der Waals surface area (Å²) in [5.41, 5.74) is 0. The fourth-order valence-electron chi connectivity index (χ4n) is 3.00. The van der Waals surface area contributed by atoms with Gasteiger partial charge in [-0.1, -0.05) is 18.9 Å². The van der Waals surface area contributed by atoms with Gasteiger partial charge in [-0.05, 0) is 31.6 Å². The summed E-state index contributed by atoms with van der Waals surface area (Å²) in [5.74, 6) is 0.959. The highest BCUT2D eigenvalue weighted by molar-refractivity contribution is 5.82. The summed E-state index contributed by atoms with van der Waals surface area (Å²) in [5, 5.41) is 6.40. The molecule has 0 aromatic carbocycles. The molecule has 0 aromatic heterocycles. The van der Waals surface area contributed by atoms with Gasteiger partial charge in [0, 0.05) is 12.6 Å². The minimum atomic E-state index is 0.0271.